The second-order valence-electron chi connectivity index (χ2n) is 12.4. The van der Waals surface area contributed by atoms with Gasteiger partial charge in [-0.3, -0.25) is 4.90 Å². The Morgan fingerprint density at radius 1 is 0.881 bits per heavy atom. The fraction of sp³-hybridized carbons (Fsp3) is 0.353. The first-order chi connectivity index (χ1) is 20.0. The van der Waals surface area contributed by atoms with Crippen molar-refractivity contribution in [3.63, 3.8) is 0 Å². The lowest BCUT2D eigenvalue weighted by atomic mass is 9.82. The molecule has 7 nitrogen and oxygen atoms in total. The normalized spacial score (nSPS) is 19.6. The molecule has 0 aromatic heterocycles. The number of carboxylic acids is 1. The number of fused-ring (bicyclic) bond motifs is 2. The third-order valence-corrected chi connectivity index (χ3v) is 14.0. The highest BCUT2D eigenvalue weighted by molar-refractivity contribution is 6.99. The van der Waals surface area contributed by atoms with E-state index in [1.807, 2.05) is 36.2 Å². The van der Waals surface area contributed by atoms with Crippen molar-refractivity contribution >= 4 is 36.3 Å². The molecule has 8 heteroatoms. The smallest absolute Gasteiger partial charge is 0.407 e. The zero-order valence-corrected chi connectivity index (χ0v) is 25.8. The highest BCUT2D eigenvalue weighted by atomic mass is 28.4. The average Bonchev–Trinajstić information content (AvgIpc) is 2.95. The molecule has 3 aromatic rings. The molecule has 0 aliphatic carbocycles. The van der Waals surface area contributed by atoms with Gasteiger partial charge in [0.05, 0.1) is 11.6 Å². The van der Waals surface area contributed by atoms with Crippen molar-refractivity contribution in [2.75, 3.05) is 26.7 Å². The standard InChI is InChI=1S/C34H40N2O5Si/c1-34(2,3)42(27-11-7-5-8-12-27,28-13-9-6-10-14-28)41-20-19-24-15-17-25(18-16-24)29-21-26-22-36(33(39)40)23-30(35(26)4)31(29)32(37)38/h5-18,26,30H,19-23H2,1-4H3,(H,37,38)(H,39,40)/t26-,30-/m1/s1. The summed E-state index contributed by atoms with van der Waals surface area (Å²) in [5.74, 6) is -0.990. The van der Waals surface area contributed by atoms with Crippen LogP contribution in [0.2, 0.25) is 5.04 Å². The molecule has 220 valence electrons. The van der Waals surface area contributed by atoms with Gasteiger partial charge in [-0.1, -0.05) is 106 Å². The minimum atomic E-state index is -2.62. The van der Waals surface area contributed by atoms with Gasteiger partial charge in [0.25, 0.3) is 8.32 Å². The number of aliphatic carboxylic acids is 1. The van der Waals surface area contributed by atoms with Crippen LogP contribution in [-0.2, 0) is 15.6 Å². The highest BCUT2D eigenvalue weighted by Crippen LogP contribution is 2.38. The summed E-state index contributed by atoms with van der Waals surface area (Å²) < 4.78 is 7.05. The summed E-state index contributed by atoms with van der Waals surface area (Å²) in [7, 11) is -0.727. The van der Waals surface area contributed by atoms with E-state index in [0.29, 0.717) is 25.1 Å². The van der Waals surface area contributed by atoms with Crippen LogP contribution in [-0.4, -0.2) is 79.2 Å². The predicted octanol–water partition coefficient (Wildman–Crippen LogP) is 4.71. The summed E-state index contributed by atoms with van der Waals surface area (Å²) in [5.41, 5.74) is 3.11. The number of hydrogen-bond acceptors (Lipinski definition) is 4. The number of nitrogens with zero attached hydrogens (tertiary/aromatic N) is 2. The number of piperazine rings is 1. The van der Waals surface area contributed by atoms with Gasteiger partial charge in [-0.05, 0) is 52.0 Å². The van der Waals surface area contributed by atoms with E-state index in [0.717, 1.165) is 23.1 Å². The fourth-order valence-corrected chi connectivity index (χ4v) is 11.3. The molecule has 5 rings (SSSR count). The molecule has 1 saturated heterocycles. The number of hydrogen-bond donors (Lipinski definition) is 2. The number of carbonyl (C=O) groups is 2. The molecule has 0 saturated carbocycles. The van der Waals surface area contributed by atoms with Crippen LogP contribution in [0.5, 0.6) is 0 Å². The maximum atomic E-state index is 12.4. The first-order valence-electron chi connectivity index (χ1n) is 14.5. The molecular formula is C34H40N2O5Si. The lowest BCUT2D eigenvalue weighted by Gasteiger charge is -2.48. The maximum Gasteiger partial charge on any atom is 0.407 e. The van der Waals surface area contributed by atoms with Crippen molar-refractivity contribution in [1.82, 2.24) is 9.80 Å². The molecule has 0 radical (unpaired) electrons. The number of likely N-dealkylation sites (N-methyl/N-ethyl adjacent to an activating group) is 1. The van der Waals surface area contributed by atoms with E-state index in [-0.39, 0.29) is 17.6 Å². The Hall–Kier alpha value is -3.72. The first-order valence-corrected chi connectivity index (χ1v) is 16.4. The number of carboxylic acid groups (broad SMARTS) is 2. The van der Waals surface area contributed by atoms with Gasteiger partial charge in [-0.25, -0.2) is 9.59 Å². The summed E-state index contributed by atoms with van der Waals surface area (Å²) in [4.78, 5) is 27.4. The van der Waals surface area contributed by atoms with Crippen molar-refractivity contribution in [3.8, 4) is 0 Å². The monoisotopic (exact) mass is 584 g/mol. The zero-order valence-electron chi connectivity index (χ0n) is 24.8. The Morgan fingerprint density at radius 2 is 1.45 bits per heavy atom. The molecule has 2 atom stereocenters. The fourth-order valence-electron chi connectivity index (χ4n) is 6.76. The second kappa shape index (κ2) is 11.9. The third kappa shape index (κ3) is 5.54. The van der Waals surface area contributed by atoms with Crippen LogP contribution in [0.1, 0.15) is 38.3 Å². The van der Waals surface area contributed by atoms with Crippen LogP contribution in [0.15, 0.2) is 90.5 Å². The minimum absolute atomic E-state index is 0.0579. The lowest BCUT2D eigenvalue weighted by molar-refractivity contribution is -0.134. The van der Waals surface area contributed by atoms with Gasteiger partial charge >= 0.3 is 12.1 Å². The summed E-state index contributed by atoms with van der Waals surface area (Å²) >= 11 is 0. The van der Waals surface area contributed by atoms with Gasteiger partial charge in [0.15, 0.2) is 0 Å². The summed E-state index contributed by atoms with van der Waals surface area (Å²) in [6.07, 6.45) is 0.224. The van der Waals surface area contributed by atoms with Crippen LogP contribution in [0.4, 0.5) is 4.79 Å². The van der Waals surface area contributed by atoms with Gasteiger partial charge < -0.3 is 19.5 Å². The predicted molar refractivity (Wildman–Crippen MR) is 168 cm³/mol. The van der Waals surface area contributed by atoms with Crippen LogP contribution in [0.25, 0.3) is 5.57 Å². The van der Waals surface area contributed by atoms with E-state index in [9.17, 15) is 19.8 Å². The van der Waals surface area contributed by atoms with E-state index < -0.39 is 26.4 Å². The van der Waals surface area contributed by atoms with Crippen molar-refractivity contribution in [3.05, 3.63) is 102 Å². The highest BCUT2D eigenvalue weighted by Gasteiger charge is 2.50. The Balaban J connectivity index is 1.39. The number of rotatable bonds is 8. The van der Waals surface area contributed by atoms with E-state index in [4.69, 9.17) is 4.43 Å². The van der Waals surface area contributed by atoms with E-state index in [2.05, 4.69) is 81.4 Å². The van der Waals surface area contributed by atoms with E-state index >= 15 is 0 Å². The van der Waals surface area contributed by atoms with Gasteiger partial charge in [0, 0.05) is 25.7 Å². The number of benzene rings is 3. The maximum absolute atomic E-state index is 12.4. The molecule has 2 aliphatic heterocycles. The molecule has 2 aliphatic rings. The number of amides is 1. The van der Waals surface area contributed by atoms with Crippen LogP contribution < -0.4 is 10.4 Å². The van der Waals surface area contributed by atoms with Crippen LogP contribution >= 0.6 is 0 Å². The van der Waals surface area contributed by atoms with E-state index in [1.54, 1.807) is 0 Å². The van der Waals surface area contributed by atoms with Crippen LogP contribution in [0, 0.1) is 0 Å². The van der Waals surface area contributed by atoms with Gasteiger partial charge in [0.1, 0.15) is 0 Å². The minimum Gasteiger partial charge on any atom is -0.478 e. The third-order valence-electron chi connectivity index (χ3n) is 8.92. The molecule has 2 heterocycles. The largest absolute Gasteiger partial charge is 0.478 e. The zero-order chi connectivity index (χ0) is 30.1. The quantitative estimate of drug-likeness (QED) is 0.373. The Morgan fingerprint density at radius 3 is 1.95 bits per heavy atom. The van der Waals surface area contributed by atoms with Crippen molar-refractivity contribution < 1.29 is 24.2 Å². The molecule has 0 spiro atoms. The summed E-state index contributed by atoms with van der Waals surface area (Å²) in [5, 5.41) is 22.1. The van der Waals surface area contributed by atoms with Gasteiger partial charge in [0.2, 0.25) is 0 Å². The van der Waals surface area contributed by atoms with Crippen molar-refractivity contribution in [2.45, 2.75) is 50.7 Å². The average molecular weight is 585 g/mol. The topological polar surface area (TPSA) is 90.3 Å². The molecule has 0 unspecified atom stereocenters. The summed E-state index contributed by atoms with van der Waals surface area (Å²) in [6, 6.07) is 28.8. The molecule has 42 heavy (non-hydrogen) atoms. The second-order valence-corrected chi connectivity index (χ2v) is 16.7. The van der Waals surface area contributed by atoms with Crippen LogP contribution in [0.3, 0.4) is 0 Å². The van der Waals surface area contributed by atoms with Crippen molar-refractivity contribution in [1.29, 1.82) is 0 Å². The SMILES string of the molecule is CN1[C@@H]2CC(c3ccc(CCO[Si](c4ccccc4)(c4ccccc4)C(C)(C)C)cc3)=C(C(=O)O)[C@H]1CN(C(=O)O)C2. The summed E-state index contributed by atoms with van der Waals surface area (Å²) in [6.45, 7) is 7.91. The Kier molecular flexibility index (Phi) is 8.41. The lowest BCUT2D eigenvalue weighted by Crippen LogP contribution is -2.66. The van der Waals surface area contributed by atoms with Crippen molar-refractivity contribution in [2.24, 2.45) is 0 Å². The Labute approximate surface area is 249 Å². The Bertz CT molecular complexity index is 1410. The molecule has 1 fully saturated rings. The molecule has 1 amide bonds. The first kappa shape index (κ1) is 29.8. The molecule has 2 bridgehead atoms. The molecule has 2 N–H and O–H groups in total. The van der Waals surface area contributed by atoms with Gasteiger partial charge in [-0.15, -0.1) is 0 Å². The molecule has 3 aromatic carbocycles. The van der Waals surface area contributed by atoms with Gasteiger partial charge in [-0.2, -0.15) is 0 Å². The van der Waals surface area contributed by atoms with E-state index in [1.165, 1.54) is 15.3 Å². The molecular weight excluding hydrogens is 544 g/mol.